The summed E-state index contributed by atoms with van der Waals surface area (Å²) >= 11 is 0. The van der Waals surface area contributed by atoms with Crippen LogP contribution in [-0.4, -0.2) is 114 Å². The number of benzene rings is 3. The molecule has 4 N–H and O–H groups in total. The maximum absolute atomic E-state index is 13.6. The van der Waals surface area contributed by atoms with Gasteiger partial charge < -0.3 is 30.3 Å². The number of phenolic OH excluding ortho intramolecular Hbond substituents is 1. The average Bonchev–Trinajstić information content (AvgIpc) is 3.14. The Morgan fingerprint density at radius 2 is 1.49 bits per heavy atom. The van der Waals surface area contributed by atoms with Crippen molar-refractivity contribution in [1.29, 1.82) is 0 Å². The molecule has 1 aliphatic heterocycles. The number of hydrazine groups is 1. The summed E-state index contributed by atoms with van der Waals surface area (Å²) in [6.07, 6.45) is 5.66. The van der Waals surface area contributed by atoms with Crippen molar-refractivity contribution in [2.45, 2.75) is 45.1 Å². The van der Waals surface area contributed by atoms with Crippen molar-refractivity contribution in [2.75, 3.05) is 70.6 Å². The fraction of sp³-hybridized carbons (Fsp3) is 0.436. The van der Waals surface area contributed by atoms with Gasteiger partial charge in [-0.1, -0.05) is 60.7 Å². The summed E-state index contributed by atoms with van der Waals surface area (Å²) < 4.78 is 5.67. The molecular weight excluding hydrogens is 650 g/mol. The smallest absolute Gasteiger partial charge is 0.429 e. The highest BCUT2D eigenvalue weighted by molar-refractivity contribution is 5.93. The van der Waals surface area contributed by atoms with Crippen LogP contribution in [-0.2, 0) is 20.9 Å². The first kappa shape index (κ1) is 39.3. The second-order valence-corrected chi connectivity index (χ2v) is 12.5. The number of amides is 3. The molecule has 0 bridgehead atoms. The number of ether oxygens (including phenoxy) is 1. The summed E-state index contributed by atoms with van der Waals surface area (Å²) in [6, 6.07) is 24.4. The Balaban J connectivity index is 1.23. The maximum atomic E-state index is 13.6. The van der Waals surface area contributed by atoms with Gasteiger partial charge in [0.1, 0.15) is 12.4 Å². The molecule has 4 rings (SSSR count). The lowest BCUT2D eigenvalue weighted by atomic mass is 10.0. The van der Waals surface area contributed by atoms with E-state index in [2.05, 4.69) is 11.7 Å². The van der Waals surface area contributed by atoms with Crippen LogP contribution in [0.3, 0.4) is 0 Å². The first-order chi connectivity index (χ1) is 24.9. The van der Waals surface area contributed by atoms with E-state index in [9.17, 15) is 29.7 Å². The third-order valence-electron chi connectivity index (χ3n) is 8.69. The predicted molar refractivity (Wildman–Crippen MR) is 196 cm³/mol. The molecule has 1 saturated heterocycles. The van der Waals surface area contributed by atoms with Gasteiger partial charge in [0.05, 0.1) is 31.9 Å². The molecule has 3 aromatic rings. The number of hydrogen-bond acceptors (Lipinski definition) is 9. The lowest BCUT2D eigenvalue weighted by Gasteiger charge is -2.37. The number of aliphatic hydroxyl groups is 2. The van der Waals surface area contributed by atoms with Crippen molar-refractivity contribution >= 4 is 23.6 Å². The van der Waals surface area contributed by atoms with Gasteiger partial charge in [0.2, 0.25) is 11.8 Å². The highest BCUT2D eigenvalue weighted by Gasteiger charge is 2.28. The fourth-order valence-electron chi connectivity index (χ4n) is 5.99. The van der Waals surface area contributed by atoms with Crippen molar-refractivity contribution in [1.82, 2.24) is 20.1 Å². The third-order valence-corrected chi connectivity index (χ3v) is 8.69. The van der Waals surface area contributed by atoms with Gasteiger partial charge >= 0.3 is 6.09 Å². The molecule has 275 valence electrons. The molecule has 0 saturated carbocycles. The Morgan fingerprint density at radius 3 is 2.20 bits per heavy atom. The second-order valence-electron chi connectivity index (χ2n) is 12.5. The fourth-order valence-corrected chi connectivity index (χ4v) is 5.99. The van der Waals surface area contributed by atoms with E-state index in [-0.39, 0.29) is 63.4 Å². The van der Waals surface area contributed by atoms with E-state index in [0.29, 0.717) is 45.6 Å². The van der Waals surface area contributed by atoms with E-state index in [1.165, 1.54) is 0 Å². The molecule has 0 atom stereocenters. The highest BCUT2D eigenvalue weighted by atomic mass is 16.6. The number of para-hydroxylation sites is 1. The number of carbonyl (C=O) groups excluding carboxylic acids is 3. The third kappa shape index (κ3) is 13.0. The zero-order chi connectivity index (χ0) is 36.3. The lowest BCUT2D eigenvalue weighted by Crippen LogP contribution is -2.50. The van der Waals surface area contributed by atoms with Crippen molar-refractivity contribution in [3.8, 4) is 16.9 Å². The largest absolute Gasteiger partial charge is 0.508 e. The van der Waals surface area contributed by atoms with E-state index in [0.717, 1.165) is 41.6 Å². The van der Waals surface area contributed by atoms with Gasteiger partial charge in [-0.2, -0.15) is 0 Å². The van der Waals surface area contributed by atoms with E-state index in [1.807, 2.05) is 59.6 Å². The van der Waals surface area contributed by atoms with Crippen molar-refractivity contribution in [3.05, 3.63) is 90.8 Å². The number of aromatic hydroxyl groups is 1. The van der Waals surface area contributed by atoms with Gasteiger partial charge in [0, 0.05) is 51.4 Å². The molecular formula is C39H52N5O7. The number of aliphatic hydroxyl groups excluding tert-OH is 2. The number of piperidine rings is 1. The minimum absolute atomic E-state index is 0.0424. The van der Waals surface area contributed by atoms with E-state index in [1.54, 1.807) is 39.1 Å². The number of phenols is 1. The van der Waals surface area contributed by atoms with Crippen LogP contribution >= 0.6 is 0 Å². The Labute approximate surface area is 301 Å². The van der Waals surface area contributed by atoms with Crippen LogP contribution in [0.5, 0.6) is 5.75 Å². The summed E-state index contributed by atoms with van der Waals surface area (Å²) in [5, 5.41) is 34.8. The Morgan fingerprint density at radius 1 is 0.804 bits per heavy atom. The van der Waals surface area contributed by atoms with Gasteiger partial charge in [-0.15, -0.1) is 0 Å². The van der Waals surface area contributed by atoms with Crippen LogP contribution in [0.1, 0.15) is 44.1 Å². The van der Waals surface area contributed by atoms with Crippen LogP contribution in [0.2, 0.25) is 0 Å². The number of nitrogens with zero attached hydrogens (tertiary/aromatic N) is 4. The predicted octanol–water partition coefficient (Wildman–Crippen LogP) is 4.21. The van der Waals surface area contributed by atoms with Crippen molar-refractivity contribution in [3.63, 3.8) is 0 Å². The number of anilines is 1. The normalized spacial score (nSPS) is 13.2. The molecule has 12 heteroatoms. The summed E-state index contributed by atoms with van der Waals surface area (Å²) in [6.45, 7) is 3.07. The van der Waals surface area contributed by atoms with Crippen molar-refractivity contribution < 1.29 is 34.4 Å². The first-order valence-corrected chi connectivity index (χ1v) is 17.8. The number of hydrogen-bond donors (Lipinski definition) is 4. The standard InChI is InChI=1S/C39H52N5O7/c45-27-25-41(26-28-46)31-38(49)42(30-32-16-18-34(47)19-17-32)22-9-2-8-21-40-37(48)20-29-51-39(50)44(43-23-10-3-11-24-43)36-15-7-6-14-35(36)33-12-4-1-5-13-33/h1,3-7,12-19,45-47H,2,8-11,20-31H2,(H,40,48). The second kappa shape index (κ2) is 21.7. The SMILES string of the molecule is O=C(CCOC(=O)N(c1ccccc1-c1ccccc1)N1CC[CH]CC1)NCCCCCN(Cc1ccc(O)cc1)C(=O)CN(CCO)CCO. The molecule has 1 heterocycles. The lowest BCUT2D eigenvalue weighted by molar-refractivity contribution is -0.133. The summed E-state index contributed by atoms with van der Waals surface area (Å²) in [5.74, 6) is -0.172. The van der Waals surface area contributed by atoms with Gasteiger partial charge in [-0.25, -0.2) is 14.8 Å². The Kier molecular flexibility index (Phi) is 16.7. The zero-order valence-electron chi connectivity index (χ0n) is 29.4. The van der Waals surface area contributed by atoms with Crippen LogP contribution in [0.15, 0.2) is 78.9 Å². The van der Waals surface area contributed by atoms with Crippen LogP contribution in [0, 0.1) is 6.42 Å². The topological polar surface area (TPSA) is 146 Å². The molecule has 1 fully saturated rings. The van der Waals surface area contributed by atoms with Crippen LogP contribution in [0.25, 0.3) is 11.1 Å². The zero-order valence-corrected chi connectivity index (χ0v) is 29.4. The maximum Gasteiger partial charge on any atom is 0.429 e. The average molecular weight is 703 g/mol. The van der Waals surface area contributed by atoms with Gasteiger partial charge in [0.15, 0.2) is 0 Å². The first-order valence-electron chi connectivity index (χ1n) is 17.8. The molecule has 0 unspecified atom stereocenters. The summed E-state index contributed by atoms with van der Waals surface area (Å²) in [7, 11) is 0. The summed E-state index contributed by atoms with van der Waals surface area (Å²) in [4.78, 5) is 42.8. The molecule has 3 amide bonds. The Hall–Kier alpha value is -4.49. The number of carbonyl (C=O) groups is 3. The molecule has 12 nitrogen and oxygen atoms in total. The molecule has 1 aliphatic rings. The number of unbranched alkanes of at least 4 members (excludes halogenated alkanes) is 2. The quantitative estimate of drug-likeness (QED) is 0.127. The summed E-state index contributed by atoms with van der Waals surface area (Å²) in [5.41, 5.74) is 3.52. The molecule has 1 radical (unpaired) electrons. The highest BCUT2D eigenvalue weighted by Crippen LogP contribution is 2.33. The van der Waals surface area contributed by atoms with Crippen molar-refractivity contribution in [2.24, 2.45) is 0 Å². The molecule has 0 aliphatic carbocycles. The molecule has 51 heavy (non-hydrogen) atoms. The van der Waals surface area contributed by atoms with E-state index in [4.69, 9.17) is 4.74 Å². The van der Waals surface area contributed by atoms with E-state index < -0.39 is 6.09 Å². The minimum atomic E-state index is -0.518. The van der Waals surface area contributed by atoms with Gasteiger partial charge in [0.25, 0.3) is 0 Å². The molecule has 0 aromatic heterocycles. The van der Waals surface area contributed by atoms with Gasteiger partial charge in [-0.05, 0) is 67.9 Å². The molecule has 0 spiro atoms. The van der Waals surface area contributed by atoms with Crippen LogP contribution in [0.4, 0.5) is 10.5 Å². The number of rotatable bonds is 20. The van der Waals surface area contributed by atoms with Gasteiger partial charge in [-0.3, -0.25) is 14.5 Å². The molecule has 3 aromatic carbocycles. The van der Waals surface area contributed by atoms with E-state index >= 15 is 0 Å². The van der Waals surface area contributed by atoms with Crippen LogP contribution < -0.4 is 10.3 Å². The number of nitrogens with one attached hydrogen (secondary N) is 1. The Bertz CT molecular complexity index is 1480. The minimum Gasteiger partial charge on any atom is -0.508 e. The monoisotopic (exact) mass is 702 g/mol.